The molecule has 2 aromatic rings. The Balaban J connectivity index is 1.97. The van der Waals surface area contributed by atoms with Gasteiger partial charge >= 0.3 is 5.97 Å². The maximum Gasteiger partial charge on any atom is 0.362 e. The lowest BCUT2D eigenvalue weighted by Gasteiger charge is -2.08. The second-order valence-corrected chi connectivity index (χ2v) is 6.09. The Morgan fingerprint density at radius 1 is 1.00 bits per heavy atom. The highest BCUT2D eigenvalue weighted by molar-refractivity contribution is 5.94. The van der Waals surface area contributed by atoms with Gasteiger partial charge in [0.2, 0.25) is 0 Å². The SMILES string of the molecule is CCCc1ccc(C=CC(=O)NOC(=O)c2ccccc2)c(CCC)c1. The van der Waals surface area contributed by atoms with Gasteiger partial charge in [-0.25, -0.2) is 4.79 Å². The van der Waals surface area contributed by atoms with E-state index >= 15 is 0 Å². The molecule has 1 amide bonds. The van der Waals surface area contributed by atoms with E-state index in [1.807, 2.05) is 6.07 Å². The molecule has 2 aromatic carbocycles. The number of amides is 1. The Morgan fingerprint density at radius 3 is 2.42 bits per heavy atom. The first-order valence-corrected chi connectivity index (χ1v) is 9.00. The minimum Gasteiger partial charge on any atom is -0.335 e. The Bertz CT molecular complexity index is 766. The topological polar surface area (TPSA) is 55.4 Å². The number of hydrogen-bond acceptors (Lipinski definition) is 3. The van der Waals surface area contributed by atoms with Gasteiger partial charge < -0.3 is 4.84 Å². The molecule has 0 bridgehead atoms. The third kappa shape index (κ3) is 5.88. The molecule has 0 saturated heterocycles. The lowest BCUT2D eigenvalue weighted by Crippen LogP contribution is -2.25. The summed E-state index contributed by atoms with van der Waals surface area (Å²) >= 11 is 0. The van der Waals surface area contributed by atoms with Crippen LogP contribution in [0.3, 0.4) is 0 Å². The zero-order valence-electron chi connectivity index (χ0n) is 15.3. The molecular formula is C22H25NO3. The van der Waals surface area contributed by atoms with Crippen LogP contribution in [-0.4, -0.2) is 11.9 Å². The smallest absolute Gasteiger partial charge is 0.335 e. The van der Waals surface area contributed by atoms with Crippen molar-refractivity contribution in [3.05, 3.63) is 76.9 Å². The van der Waals surface area contributed by atoms with Gasteiger partial charge in [-0.2, -0.15) is 5.48 Å². The number of aryl methyl sites for hydroxylation is 2. The molecule has 4 nitrogen and oxygen atoms in total. The van der Waals surface area contributed by atoms with Crippen molar-refractivity contribution in [3.8, 4) is 0 Å². The number of nitrogens with one attached hydrogen (secondary N) is 1. The Hall–Kier alpha value is -2.88. The van der Waals surface area contributed by atoms with Gasteiger partial charge in [0.05, 0.1) is 5.56 Å². The number of hydrogen-bond donors (Lipinski definition) is 1. The minimum atomic E-state index is -0.594. The van der Waals surface area contributed by atoms with Crippen LogP contribution < -0.4 is 5.48 Å². The molecule has 4 heteroatoms. The first kappa shape index (κ1) is 19.4. The molecule has 0 saturated carbocycles. The molecule has 0 fully saturated rings. The normalized spacial score (nSPS) is 10.7. The van der Waals surface area contributed by atoms with Gasteiger partial charge in [0.1, 0.15) is 0 Å². The molecule has 0 heterocycles. The first-order valence-electron chi connectivity index (χ1n) is 9.00. The van der Waals surface area contributed by atoms with Crippen LogP contribution in [0.5, 0.6) is 0 Å². The first-order chi connectivity index (χ1) is 12.6. The summed E-state index contributed by atoms with van der Waals surface area (Å²) in [6.45, 7) is 4.30. The average Bonchev–Trinajstić information content (AvgIpc) is 2.66. The molecule has 0 aliphatic rings. The van der Waals surface area contributed by atoms with Crippen LogP contribution in [0.1, 0.15) is 53.7 Å². The fourth-order valence-corrected chi connectivity index (χ4v) is 2.68. The van der Waals surface area contributed by atoms with Crippen LogP contribution in [0.2, 0.25) is 0 Å². The highest BCUT2D eigenvalue weighted by Crippen LogP contribution is 2.17. The lowest BCUT2D eigenvalue weighted by molar-refractivity contribution is -0.124. The van der Waals surface area contributed by atoms with Gasteiger partial charge in [0.15, 0.2) is 0 Å². The van der Waals surface area contributed by atoms with Crippen LogP contribution in [0.15, 0.2) is 54.6 Å². The van der Waals surface area contributed by atoms with Gasteiger partial charge in [-0.3, -0.25) is 4.79 Å². The minimum absolute atomic E-state index is 0.383. The van der Waals surface area contributed by atoms with E-state index in [0.717, 1.165) is 31.2 Å². The van der Waals surface area contributed by atoms with E-state index in [-0.39, 0.29) is 0 Å². The fraction of sp³-hybridized carbons (Fsp3) is 0.273. The zero-order valence-corrected chi connectivity index (χ0v) is 15.3. The summed E-state index contributed by atoms with van der Waals surface area (Å²) in [5.41, 5.74) is 6.09. The van der Waals surface area contributed by atoms with Crippen molar-refractivity contribution < 1.29 is 14.4 Å². The molecule has 0 aliphatic carbocycles. The van der Waals surface area contributed by atoms with Crippen LogP contribution in [0.25, 0.3) is 6.08 Å². The predicted octanol–water partition coefficient (Wildman–Crippen LogP) is 4.49. The molecule has 1 N–H and O–H groups in total. The molecule has 26 heavy (non-hydrogen) atoms. The van der Waals surface area contributed by atoms with E-state index in [2.05, 4.69) is 31.5 Å². The highest BCUT2D eigenvalue weighted by Gasteiger charge is 2.08. The summed E-state index contributed by atoms with van der Waals surface area (Å²) in [5, 5.41) is 0. The van der Waals surface area contributed by atoms with Crippen LogP contribution in [-0.2, 0) is 22.5 Å². The summed E-state index contributed by atoms with van der Waals surface area (Å²) < 4.78 is 0. The summed E-state index contributed by atoms with van der Waals surface area (Å²) in [7, 11) is 0. The van der Waals surface area contributed by atoms with Gasteiger partial charge in [-0.05, 0) is 47.7 Å². The number of hydroxylamine groups is 1. The standard InChI is InChI=1S/C22H25NO3/c1-3-8-17-12-13-18(20(16-17)9-4-2)14-15-21(24)23-26-22(25)19-10-6-5-7-11-19/h5-7,10-16H,3-4,8-9H2,1-2H3,(H,23,24). The van der Waals surface area contributed by atoms with E-state index in [0.29, 0.717) is 5.56 Å². The molecule has 0 atom stereocenters. The Morgan fingerprint density at radius 2 is 1.73 bits per heavy atom. The van der Waals surface area contributed by atoms with Gasteiger partial charge in [0.25, 0.3) is 5.91 Å². The molecular weight excluding hydrogens is 326 g/mol. The Kier molecular flexibility index (Phi) is 7.62. The van der Waals surface area contributed by atoms with E-state index in [9.17, 15) is 9.59 Å². The van der Waals surface area contributed by atoms with Crippen LogP contribution >= 0.6 is 0 Å². The molecule has 0 aromatic heterocycles. The molecule has 0 aliphatic heterocycles. The van der Waals surface area contributed by atoms with Crippen molar-refractivity contribution >= 4 is 18.0 Å². The van der Waals surface area contributed by atoms with Crippen molar-refractivity contribution in [2.45, 2.75) is 39.5 Å². The van der Waals surface area contributed by atoms with Gasteiger partial charge in [-0.15, -0.1) is 0 Å². The summed E-state index contributed by atoms with van der Waals surface area (Å²) in [4.78, 5) is 28.5. The van der Waals surface area contributed by atoms with Crippen molar-refractivity contribution in [1.82, 2.24) is 5.48 Å². The average molecular weight is 351 g/mol. The van der Waals surface area contributed by atoms with Crippen LogP contribution in [0.4, 0.5) is 0 Å². The number of carbonyl (C=O) groups excluding carboxylic acids is 2. The fourth-order valence-electron chi connectivity index (χ4n) is 2.68. The molecule has 2 rings (SSSR count). The predicted molar refractivity (Wildman–Crippen MR) is 103 cm³/mol. The third-order valence-corrected chi connectivity index (χ3v) is 3.93. The Labute approximate surface area is 154 Å². The number of benzene rings is 2. The highest BCUT2D eigenvalue weighted by atomic mass is 16.7. The molecule has 0 unspecified atom stereocenters. The second-order valence-electron chi connectivity index (χ2n) is 6.09. The van der Waals surface area contributed by atoms with E-state index in [1.165, 1.54) is 17.2 Å². The van der Waals surface area contributed by atoms with Crippen molar-refractivity contribution in [3.63, 3.8) is 0 Å². The van der Waals surface area contributed by atoms with Crippen molar-refractivity contribution in [2.75, 3.05) is 0 Å². The monoisotopic (exact) mass is 351 g/mol. The van der Waals surface area contributed by atoms with Gasteiger partial charge in [-0.1, -0.05) is 63.1 Å². The van der Waals surface area contributed by atoms with Gasteiger partial charge in [0, 0.05) is 6.08 Å². The second kappa shape index (κ2) is 10.2. The molecule has 0 spiro atoms. The largest absolute Gasteiger partial charge is 0.362 e. The molecule has 0 radical (unpaired) electrons. The van der Waals surface area contributed by atoms with Crippen LogP contribution in [0, 0.1) is 0 Å². The zero-order chi connectivity index (χ0) is 18.8. The third-order valence-electron chi connectivity index (χ3n) is 3.93. The summed E-state index contributed by atoms with van der Waals surface area (Å²) in [6.07, 6.45) is 7.30. The van der Waals surface area contributed by atoms with Crippen molar-refractivity contribution in [2.24, 2.45) is 0 Å². The lowest BCUT2D eigenvalue weighted by atomic mass is 9.98. The van der Waals surface area contributed by atoms with E-state index < -0.39 is 11.9 Å². The maximum atomic E-state index is 11.9. The van der Waals surface area contributed by atoms with E-state index in [4.69, 9.17) is 4.84 Å². The summed E-state index contributed by atoms with van der Waals surface area (Å²) in [6, 6.07) is 14.9. The van der Waals surface area contributed by atoms with E-state index in [1.54, 1.807) is 36.4 Å². The number of carbonyl (C=O) groups is 2. The number of rotatable bonds is 7. The van der Waals surface area contributed by atoms with Crippen molar-refractivity contribution in [1.29, 1.82) is 0 Å². The molecule has 136 valence electrons. The quantitative estimate of drug-likeness (QED) is 0.590. The maximum absolute atomic E-state index is 11.9. The summed E-state index contributed by atoms with van der Waals surface area (Å²) in [5.74, 6) is -1.07.